The van der Waals surface area contributed by atoms with Gasteiger partial charge in [-0.05, 0) is 38.0 Å². The van der Waals surface area contributed by atoms with Gasteiger partial charge >= 0.3 is 0 Å². The van der Waals surface area contributed by atoms with Crippen LogP contribution in [0.1, 0.15) is 19.8 Å². The zero-order valence-corrected chi connectivity index (χ0v) is 16.6. The molecule has 2 aromatic heterocycles. The second kappa shape index (κ2) is 7.66. The third-order valence-corrected chi connectivity index (χ3v) is 5.37. The number of imide groups is 1. The fourth-order valence-electron chi connectivity index (χ4n) is 3.71. The number of nitrogens with one attached hydrogen (secondary N) is 1. The summed E-state index contributed by atoms with van der Waals surface area (Å²) in [5.74, 6) is -1.13. The van der Waals surface area contributed by atoms with E-state index in [2.05, 4.69) is 15.3 Å². The average molecular weight is 409 g/mol. The van der Waals surface area contributed by atoms with E-state index in [1.807, 2.05) is 0 Å². The molecule has 0 bridgehead atoms. The molecule has 0 fully saturated rings. The van der Waals surface area contributed by atoms with Gasteiger partial charge in [0.15, 0.2) is 0 Å². The molecule has 2 aliphatic rings. The van der Waals surface area contributed by atoms with Crippen LogP contribution in [0.5, 0.6) is 0 Å². The van der Waals surface area contributed by atoms with E-state index in [0.717, 1.165) is 11.1 Å². The molecule has 8 nitrogen and oxygen atoms in total. The summed E-state index contributed by atoms with van der Waals surface area (Å²) < 4.78 is 13.3. The van der Waals surface area contributed by atoms with Gasteiger partial charge in [0.05, 0.1) is 6.20 Å². The molecule has 1 atom stereocenters. The van der Waals surface area contributed by atoms with Crippen LogP contribution in [0.15, 0.2) is 48.1 Å². The Labute approximate surface area is 172 Å². The number of aromatic nitrogens is 2. The normalized spacial score (nSPS) is 17.3. The Morgan fingerprint density at radius 1 is 1.17 bits per heavy atom. The van der Waals surface area contributed by atoms with Crippen molar-refractivity contribution in [3.8, 4) is 11.1 Å². The van der Waals surface area contributed by atoms with Gasteiger partial charge < -0.3 is 10.2 Å². The maximum atomic E-state index is 13.3. The summed E-state index contributed by atoms with van der Waals surface area (Å²) in [6, 6.07) is 4.01. The van der Waals surface area contributed by atoms with Crippen LogP contribution in [0, 0.1) is 5.82 Å². The summed E-state index contributed by atoms with van der Waals surface area (Å²) in [7, 11) is 1.45. The zero-order chi connectivity index (χ0) is 21.4. The highest BCUT2D eigenvalue weighted by Crippen LogP contribution is 2.32. The number of hydrogen-bond acceptors (Lipinski definition) is 6. The van der Waals surface area contributed by atoms with E-state index in [-0.39, 0.29) is 17.7 Å². The van der Waals surface area contributed by atoms with Gasteiger partial charge in [-0.3, -0.25) is 24.3 Å². The predicted octanol–water partition coefficient (Wildman–Crippen LogP) is 1.96. The first kappa shape index (κ1) is 19.7. The largest absolute Gasteiger partial charge is 0.355 e. The second-order valence-corrected chi connectivity index (χ2v) is 7.28. The van der Waals surface area contributed by atoms with Gasteiger partial charge in [-0.2, -0.15) is 0 Å². The highest BCUT2D eigenvalue weighted by molar-refractivity contribution is 6.19. The van der Waals surface area contributed by atoms with Gasteiger partial charge in [-0.25, -0.2) is 9.37 Å². The number of likely N-dealkylation sites (N-methyl/N-ethyl adjacent to an activating group) is 1. The number of carbonyl (C=O) groups excluding carboxylic acids is 3. The van der Waals surface area contributed by atoms with E-state index < -0.39 is 11.9 Å². The van der Waals surface area contributed by atoms with Gasteiger partial charge in [-0.1, -0.05) is 0 Å². The lowest BCUT2D eigenvalue weighted by molar-refractivity contribution is -0.136. The minimum absolute atomic E-state index is 0.295. The van der Waals surface area contributed by atoms with Crippen molar-refractivity contribution in [1.82, 2.24) is 19.8 Å². The van der Waals surface area contributed by atoms with Gasteiger partial charge in [0, 0.05) is 42.7 Å². The molecule has 0 saturated heterocycles. The first-order chi connectivity index (χ1) is 14.4. The van der Waals surface area contributed by atoms with E-state index in [1.54, 1.807) is 24.0 Å². The number of nitrogens with zero attached hydrogens (tertiary/aromatic N) is 4. The summed E-state index contributed by atoms with van der Waals surface area (Å²) >= 11 is 0. The highest BCUT2D eigenvalue weighted by Gasteiger charge is 2.42. The van der Waals surface area contributed by atoms with Crippen LogP contribution in [0.3, 0.4) is 0 Å². The molecule has 0 saturated carbocycles. The first-order valence-electron chi connectivity index (χ1n) is 9.57. The van der Waals surface area contributed by atoms with Crippen LogP contribution in [-0.4, -0.2) is 57.1 Å². The van der Waals surface area contributed by atoms with Crippen LogP contribution < -0.4 is 5.32 Å². The molecule has 30 heavy (non-hydrogen) atoms. The van der Waals surface area contributed by atoms with E-state index in [0.29, 0.717) is 47.6 Å². The van der Waals surface area contributed by atoms with Crippen molar-refractivity contribution in [2.45, 2.75) is 25.8 Å². The van der Waals surface area contributed by atoms with Crippen LogP contribution in [0.2, 0.25) is 0 Å². The third-order valence-electron chi connectivity index (χ3n) is 5.37. The van der Waals surface area contributed by atoms with Crippen LogP contribution in [0.25, 0.3) is 11.1 Å². The molecule has 4 rings (SSSR count). The third kappa shape index (κ3) is 3.42. The lowest BCUT2D eigenvalue weighted by Gasteiger charge is -2.33. The molecule has 0 spiro atoms. The minimum atomic E-state index is -0.660. The lowest BCUT2D eigenvalue weighted by Crippen LogP contribution is -2.45. The molecule has 0 aromatic carbocycles. The minimum Gasteiger partial charge on any atom is -0.355 e. The Hall–Kier alpha value is -3.62. The molecule has 9 heteroatoms. The Balaban J connectivity index is 1.49. The van der Waals surface area contributed by atoms with Crippen molar-refractivity contribution in [1.29, 1.82) is 0 Å². The number of amides is 3. The molecule has 4 heterocycles. The second-order valence-electron chi connectivity index (χ2n) is 7.28. The van der Waals surface area contributed by atoms with Crippen LogP contribution in [-0.2, 0) is 14.4 Å². The maximum absolute atomic E-state index is 13.3. The standard InChI is InChI=1S/C21H20FN5O3/c1-12(27-7-3-4-16-18(27)21(30)26(2)20(16)29)19(28)25-17-6-5-13(10-24-17)14-8-15(22)11-23-9-14/h5-6,8-12H,3-4,7H2,1-2H3,(H,24,25,28). The summed E-state index contributed by atoms with van der Waals surface area (Å²) in [4.78, 5) is 48.3. The molecule has 154 valence electrons. The number of rotatable bonds is 4. The fourth-order valence-corrected chi connectivity index (χ4v) is 3.71. The molecule has 0 radical (unpaired) electrons. The van der Waals surface area contributed by atoms with Gasteiger partial charge in [0.1, 0.15) is 23.4 Å². The molecule has 2 aliphatic heterocycles. The zero-order valence-electron chi connectivity index (χ0n) is 16.6. The van der Waals surface area contributed by atoms with Crippen molar-refractivity contribution in [2.24, 2.45) is 0 Å². The van der Waals surface area contributed by atoms with Gasteiger partial charge in [0.25, 0.3) is 11.8 Å². The molecule has 0 aliphatic carbocycles. The van der Waals surface area contributed by atoms with Crippen molar-refractivity contribution < 1.29 is 18.8 Å². The highest BCUT2D eigenvalue weighted by atomic mass is 19.1. The Morgan fingerprint density at radius 3 is 2.67 bits per heavy atom. The van der Waals surface area contributed by atoms with Crippen LogP contribution >= 0.6 is 0 Å². The van der Waals surface area contributed by atoms with Crippen molar-refractivity contribution in [3.05, 3.63) is 53.9 Å². The molecular weight excluding hydrogens is 389 g/mol. The van der Waals surface area contributed by atoms with E-state index in [9.17, 15) is 18.8 Å². The molecule has 1 N–H and O–H groups in total. The summed E-state index contributed by atoms with van der Waals surface area (Å²) in [6.07, 6.45) is 5.39. The number of anilines is 1. The molecule has 1 unspecified atom stereocenters. The van der Waals surface area contributed by atoms with E-state index in [1.165, 1.54) is 25.5 Å². The van der Waals surface area contributed by atoms with Gasteiger partial charge in [-0.15, -0.1) is 0 Å². The van der Waals surface area contributed by atoms with Crippen LogP contribution in [0.4, 0.5) is 10.2 Å². The quantitative estimate of drug-likeness (QED) is 0.776. The number of halogens is 1. The number of carbonyl (C=O) groups is 3. The maximum Gasteiger partial charge on any atom is 0.277 e. The van der Waals surface area contributed by atoms with Crippen molar-refractivity contribution in [2.75, 3.05) is 18.9 Å². The van der Waals surface area contributed by atoms with Gasteiger partial charge in [0.2, 0.25) is 5.91 Å². The molecule has 2 aromatic rings. The average Bonchev–Trinajstić information content (AvgIpc) is 2.98. The molecule has 3 amide bonds. The first-order valence-corrected chi connectivity index (χ1v) is 9.57. The SMILES string of the molecule is CC(C(=O)Nc1ccc(-c2cncc(F)c2)cn1)N1CCCC2=C1C(=O)N(C)C2=O. The number of hydrogen-bond donors (Lipinski definition) is 1. The summed E-state index contributed by atoms with van der Waals surface area (Å²) in [6.45, 7) is 2.20. The smallest absolute Gasteiger partial charge is 0.277 e. The Kier molecular flexibility index (Phi) is 5.03. The fraction of sp³-hybridized carbons (Fsp3) is 0.286. The lowest BCUT2D eigenvalue weighted by atomic mass is 10.0. The van der Waals surface area contributed by atoms with Crippen molar-refractivity contribution in [3.63, 3.8) is 0 Å². The summed E-state index contributed by atoms with van der Waals surface area (Å²) in [5.41, 5.74) is 2.03. The summed E-state index contributed by atoms with van der Waals surface area (Å²) in [5, 5.41) is 2.73. The van der Waals surface area contributed by atoms with E-state index >= 15 is 0 Å². The predicted molar refractivity (Wildman–Crippen MR) is 106 cm³/mol. The Morgan fingerprint density at radius 2 is 1.97 bits per heavy atom. The molecular formula is C21H20FN5O3. The monoisotopic (exact) mass is 409 g/mol. The Bertz CT molecular complexity index is 1070. The van der Waals surface area contributed by atoms with Crippen molar-refractivity contribution >= 4 is 23.5 Å². The topological polar surface area (TPSA) is 95.5 Å². The number of pyridine rings is 2. The van der Waals surface area contributed by atoms with E-state index in [4.69, 9.17) is 0 Å².